The van der Waals surface area contributed by atoms with Crippen LogP contribution in [0.15, 0.2) is 39.9 Å². The summed E-state index contributed by atoms with van der Waals surface area (Å²) >= 11 is 0. The Morgan fingerprint density at radius 2 is 1.70 bits per heavy atom. The van der Waals surface area contributed by atoms with Gasteiger partial charge in [0, 0.05) is 6.04 Å². The predicted molar refractivity (Wildman–Crippen MR) is 81.8 cm³/mol. The van der Waals surface area contributed by atoms with Crippen molar-refractivity contribution in [2.24, 2.45) is 5.92 Å². The summed E-state index contributed by atoms with van der Waals surface area (Å²) in [6.45, 7) is 2.21. The van der Waals surface area contributed by atoms with Gasteiger partial charge in [0.25, 0.3) is 0 Å². The fourth-order valence-corrected chi connectivity index (χ4v) is 3.13. The summed E-state index contributed by atoms with van der Waals surface area (Å²) in [5.74, 6) is 0.553. The molecule has 20 heavy (non-hydrogen) atoms. The van der Waals surface area contributed by atoms with E-state index < -0.39 is 0 Å². The molecule has 0 radical (unpaired) electrons. The minimum atomic E-state index is -0.360. The number of nitrogens with one attached hydrogen (secondary N) is 1. The molecule has 0 bridgehead atoms. The third-order valence-electron chi connectivity index (χ3n) is 4.41. The second kappa shape index (κ2) is 5.23. The summed E-state index contributed by atoms with van der Waals surface area (Å²) in [5.41, 5.74) is 1.21. The van der Waals surface area contributed by atoms with Gasteiger partial charge in [0.05, 0.1) is 11.3 Å². The van der Waals surface area contributed by atoms with Crippen molar-refractivity contribution in [3.05, 3.63) is 50.8 Å². The molecule has 2 aromatic carbocycles. The van der Waals surface area contributed by atoms with Gasteiger partial charge in [-0.25, -0.2) is 0 Å². The number of hydrogen-bond acceptors (Lipinski definition) is 3. The average molecular weight is 269 g/mol. The molecule has 3 nitrogen and oxygen atoms in total. The lowest BCUT2D eigenvalue weighted by molar-refractivity contribution is 0.349. The summed E-state index contributed by atoms with van der Waals surface area (Å²) in [7, 11) is 0. The van der Waals surface area contributed by atoms with Crippen molar-refractivity contribution < 1.29 is 0 Å². The Hall–Kier alpha value is -1.90. The standard InChI is InChI=1S/C17H19NO2/c1-11-7-5-6-10-13(11)18-15-14(16(19)17(15)20)12-8-3-2-4-9-12/h2-4,8-9,11,13,18H,5-7,10H2,1H3/t11-,13-/m0/s1. The molecule has 1 aliphatic carbocycles. The Balaban J connectivity index is 1.90. The van der Waals surface area contributed by atoms with Crippen molar-refractivity contribution in [3.63, 3.8) is 0 Å². The average Bonchev–Trinajstić information content (AvgIpc) is 2.49. The highest BCUT2D eigenvalue weighted by Crippen LogP contribution is 2.29. The van der Waals surface area contributed by atoms with E-state index in [2.05, 4.69) is 12.2 Å². The molecule has 1 aliphatic rings. The van der Waals surface area contributed by atoms with Crippen LogP contribution in [0.25, 0.3) is 11.1 Å². The maximum absolute atomic E-state index is 11.9. The first-order valence-corrected chi connectivity index (χ1v) is 7.33. The highest BCUT2D eigenvalue weighted by atomic mass is 16.2. The van der Waals surface area contributed by atoms with Crippen molar-refractivity contribution >= 4 is 5.69 Å². The van der Waals surface area contributed by atoms with Crippen molar-refractivity contribution in [3.8, 4) is 11.1 Å². The topological polar surface area (TPSA) is 46.2 Å². The molecule has 0 amide bonds. The zero-order valence-electron chi connectivity index (χ0n) is 11.7. The minimum absolute atomic E-state index is 0.314. The van der Waals surface area contributed by atoms with Gasteiger partial charge in [-0.1, -0.05) is 50.1 Å². The van der Waals surface area contributed by atoms with E-state index >= 15 is 0 Å². The fourth-order valence-electron chi connectivity index (χ4n) is 3.13. The first-order chi connectivity index (χ1) is 9.68. The molecule has 2 atom stereocenters. The van der Waals surface area contributed by atoms with E-state index in [-0.39, 0.29) is 10.9 Å². The second-order valence-electron chi connectivity index (χ2n) is 5.79. The summed E-state index contributed by atoms with van der Waals surface area (Å²) in [6, 6.07) is 9.76. The van der Waals surface area contributed by atoms with Crippen molar-refractivity contribution in [1.29, 1.82) is 0 Å². The van der Waals surface area contributed by atoms with E-state index in [4.69, 9.17) is 0 Å². The third kappa shape index (κ3) is 2.17. The molecule has 0 heterocycles. The van der Waals surface area contributed by atoms with Crippen LogP contribution in [0.1, 0.15) is 32.6 Å². The van der Waals surface area contributed by atoms with Crippen LogP contribution in [-0.2, 0) is 0 Å². The first-order valence-electron chi connectivity index (χ1n) is 7.33. The number of rotatable bonds is 3. The highest BCUT2D eigenvalue weighted by Gasteiger charge is 2.27. The Morgan fingerprint density at radius 3 is 2.40 bits per heavy atom. The highest BCUT2D eigenvalue weighted by molar-refractivity contribution is 5.81. The van der Waals surface area contributed by atoms with E-state index in [0.29, 0.717) is 23.2 Å². The molecular weight excluding hydrogens is 250 g/mol. The molecule has 0 aliphatic heterocycles. The lowest BCUT2D eigenvalue weighted by Gasteiger charge is -2.31. The Labute approximate surface area is 118 Å². The smallest absolute Gasteiger partial charge is 0.250 e. The monoisotopic (exact) mass is 269 g/mol. The van der Waals surface area contributed by atoms with Crippen molar-refractivity contribution in [1.82, 2.24) is 0 Å². The van der Waals surface area contributed by atoms with Gasteiger partial charge in [0.1, 0.15) is 0 Å². The number of benzene rings is 1. The van der Waals surface area contributed by atoms with Crippen LogP contribution in [0.3, 0.4) is 0 Å². The lowest BCUT2D eigenvalue weighted by atomic mass is 9.85. The molecule has 3 rings (SSSR count). The van der Waals surface area contributed by atoms with Gasteiger partial charge in [-0.3, -0.25) is 9.59 Å². The minimum Gasteiger partial charge on any atom is -0.378 e. The predicted octanol–water partition coefficient (Wildman–Crippen LogP) is 2.94. The normalized spacial score (nSPS) is 22.9. The fraction of sp³-hybridized carbons (Fsp3) is 0.412. The van der Waals surface area contributed by atoms with Gasteiger partial charge in [0.15, 0.2) is 0 Å². The summed E-state index contributed by atoms with van der Waals surface area (Å²) < 4.78 is 0. The van der Waals surface area contributed by atoms with Crippen LogP contribution in [-0.4, -0.2) is 6.04 Å². The molecule has 2 aromatic rings. The Morgan fingerprint density at radius 1 is 1.00 bits per heavy atom. The largest absolute Gasteiger partial charge is 0.378 e. The van der Waals surface area contributed by atoms with E-state index in [9.17, 15) is 9.59 Å². The van der Waals surface area contributed by atoms with Gasteiger partial charge in [-0.15, -0.1) is 0 Å². The molecule has 1 saturated carbocycles. The SMILES string of the molecule is C[C@H]1CCCC[C@@H]1Nc1c(-c2ccccc2)c(=O)c1=O. The van der Waals surface area contributed by atoms with E-state index in [1.165, 1.54) is 19.3 Å². The van der Waals surface area contributed by atoms with Crippen LogP contribution in [0, 0.1) is 5.92 Å². The molecular formula is C17H19NO2. The Kier molecular flexibility index (Phi) is 3.43. The molecule has 0 spiro atoms. The zero-order chi connectivity index (χ0) is 14.1. The summed E-state index contributed by atoms with van der Waals surface area (Å²) in [4.78, 5) is 23.7. The maximum Gasteiger partial charge on any atom is 0.250 e. The van der Waals surface area contributed by atoms with Crippen molar-refractivity contribution in [2.45, 2.75) is 38.6 Å². The molecule has 0 aromatic heterocycles. The zero-order valence-corrected chi connectivity index (χ0v) is 11.7. The van der Waals surface area contributed by atoms with Crippen LogP contribution in [0.4, 0.5) is 5.69 Å². The van der Waals surface area contributed by atoms with E-state index in [0.717, 1.165) is 12.0 Å². The molecule has 0 unspecified atom stereocenters. The van der Waals surface area contributed by atoms with Crippen molar-refractivity contribution in [2.75, 3.05) is 5.32 Å². The van der Waals surface area contributed by atoms with Crippen LogP contribution in [0.5, 0.6) is 0 Å². The van der Waals surface area contributed by atoms with Gasteiger partial charge in [-0.05, 0) is 24.3 Å². The van der Waals surface area contributed by atoms with Crippen LogP contribution < -0.4 is 16.2 Å². The second-order valence-corrected chi connectivity index (χ2v) is 5.79. The van der Waals surface area contributed by atoms with E-state index in [1.54, 1.807) is 0 Å². The van der Waals surface area contributed by atoms with Gasteiger partial charge in [-0.2, -0.15) is 0 Å². The summed E-state index contributed by atoms with van der Waals surface area (Å²) in [6.07, 6.45) is 4.72. The van der Waals surface area contributed by atoms with Gasteiger partial charge >= 0.3 is 0 Å². The first kappa shape index (κ1) is 13.1. The molecule has 1 fully saturated rings. The molecule has 1 N–H and O–H groups in total. The number of hydrogen-bond donors (Lipinski definition) is 1. The summed E-state index contributed by atoms with van der Waals surface area (Å²) in [5, 5.41) is 3.34. The molecule has 104 valence electrons. The quantitative estimate of drug-likeness (QED) is 0.871. The van der Waals surface area contributed by atoms with Gasteiger partial charge in [0.2, 0.25) is 10.9 Å². The maximum atomic E-state index is 11.9. The number of anilines is 1. The van der Waals surface area contributed by atoms with Gasteiger partial charge < -0.3 is 5.32 Å². The lowest BCUT2D eigenvalue weighted by Crippen LogP contribution is -2.41. The van der Waals surface area contributed by atoms with Crippen LogP contribution in [0.2, 0.25) is 0 Å². The van der Waals surface area contributed by atoms with Crippen LogP contribution >= 0.6 is 0 Å². The molecule has 3 heteroatoms. The molecule has 0 saturated heterocycles. The van der Waals surface area contributed by atoms with E-state index in [1.807, 2.05) is 30.3 Å². The Bertz CT molecular complexity index is 668. The third-order valence-corrected chi connectivity index (χ3v) is 4.41.